The summed E-state index contributed by atoms with van der Waals surface area (Å²) in [5.74, 6) is -1.30. The fourth-order valence-electron chi connectivity index (χ4n) is 3.27. The molecular weight excluding hydrogens is 522 g/mol. The number of pyridine rings is 1. The third kappa shape index (κ3) is 5.41. The summed E-state index contributed by atoms with van der Waals surface area (Å²) < 4.78 is 5.63. The molecule has 1 aromatic heterocycles. The number of carboxylic acids is 1. The number of hydrogen-bond acceptors (Lipinski definition) is 5. The van der Waals surface area contributed by atoms with Crippen LogP contribution in [0, 0.1) is 0 Å². The number of nitrogens with one attached hydrogen (secondary N) is 1. The molecule has 2 N–H and O–H groups in total. The molecule has 34 heavy (non-hydrogen) atoms. The van der Waals surface area contributed by atoms with E-state index in [1.807, 2.05) is 54.6 Å². The van der Waals surface area contributed by atoms with Gasteiger partial charge in [0.15, 0.2) is 12.4 Å². The molecule has 1 amide bonds. The maximum Gasteiger partial charge on any atom is 0.341 e. The molecule has 4 aromatic rings. The van der Waals surface area contributed by atoms with Crippen molar-refractivity contribution >= 4 is 56.5 Å². The highest BCUT2D eigenvalue weighted by atomic mass is 79.9. The van der Waals surface area contributed by atoms with Crippen LogP contribution >= 0.6 is 27.5 Å². The zero-order valence-corrected chi connectivity index (χ0v) is 19.9. The number of para-hydroxylation sites is 1. The Hall–Kier alpha value is -3.75. The van der Waals surface area contributed by atoms with E-state index in [4.69, 9.17) is 21.4 Å². The van der Waals surface area contributed by atoms with Crippen molar-refractivity contribution in [2.75, 3.05) is 6.61 Å². The molecule has 3 aromatic carbocycles. The summed E-state index contributed by atoms with van der Waals surface area (Å²) in [5, 5.41) is 13.7. The molecule has 0 aliphatic carbocycles. The second-order valence-corrected chi connectivity index (χ2v) is 8.39. The van der Waals surface area contributed by atoms with E-state index >= 15 is 0 Å². The number of carbonyl (C=O) groups excluding carboxylic acids is 1. The van der Waals surface area contributed by atoms with Gasteiger partial charge < -0.3 is 9.84 Å². The van der Waals surface area contributed by atoms with Crippen LogP contribution in [0.3, 0.4) is 0 Å². The number of nitrogens with zero attached hydrogens (tertiary/aromatic N) is 2. The summed E-state index contributed by atoms with van der Waals surface area (Å²) in [7, 11) is 0. The van der Waals surface area contributed by atoms with Crippen LogP contribution in [-0.4, -0.2) is 34.8 Å². The average Bonchev–Trinajstić information content (AvgIpc) is 2.83. The molecule has 1 heterocycles. The predicted molar refractivity (Wildman–Crippen MR) is 135 cm³/mol. The van der Waals surface area contributed by atoms with Gasteiger partial charge in [0.1, 0.15) is 0 Å². The third-order valence-electron chi connectivity index (χ3n) is 4.77. The molecule has 170 valence electrons. The molecule has 0 radical (unpaired) electrons. The van der Waals surface area contributed by atoms with Crippen LogP contribution < -0.4 is 10.2 Å². The van der Waals surface area contributed by atoms with Gasteiger partial charge in [-0.3, -0.25) is 4.79 Å². The summed E-state index contributed by atoms with van der Waals surface area (Å²) in [6.45, 7) is -0.521. The molecule has 0 atom stereocenters. The van der Waals surface area contributed by atoms with Crippen LogP contribution in [-0.2, 0) is 4.79 Å². The number of benzene rings is 3. The summed E-state index contributed by atoms with van der Waals surface area (Å²) in [5.41, 5.74) is 5.84. The van der Waals surface area contributed by atoms with Crippen molar-refractivity contribution in [2.24, 2.45) is 5.10 Å². The fraction of sp³-hybridized carbons (Fsp3) is 0.0400. The van der Waals surface area contributed by atoms with Gasteiger partial charge in [0.05, 0.1) is 32.5 Å². The summed E-state index contributed by atoms with van der Waals surface area (Å²) in [4.78, 5) is 28.4. The summed E-state index contributed by atoms with van der Waals surface area (Å²) in [6, 6.07) is 22.0. The number of amides is 1. The first kappa shape index (κ1) is 23.4. The standard InChI is InChI=1S/C25H17BrClN3O4/c26-19-10-15(11-20(27)24(19)34-14-23(31)32)13-28-30-25(33)18-12-22(16-6-2-1-3-7-16)29-21-9-5-4-8-17(18)21/h1-13H,14H2,(H,30,33)(H,31,32)/b28-13+. The highest BCUT2D eigenvalue weighted by molar-refractivity contribution is 9.10. The van der Waals surface area contributed by atoms with E-state index < -0.39 is 18.5 Å². The molecule has 4 rings (SSSR count). The van der Waals surface area contributed by atoms with E-state index in [1.165, 1.54) is 6.21 Å². The number of fused-ring (bicyclic) bond motifs is 1. The zero-order chi connectivity index (χ0) is 24.1. The second kappa shape index (κ2) is 10.5. The van der Waals surface area contributed by atoms with E-state index in [2.05, 4.69) is 31.4 Å². The molecule has 0 bridgehead atoms. The van der Waals surface area contributed by atoms with Crippen LogP contribution in [0.25, 0.3) is 22.2 Å². The first-order valence-electron chi connectivity index (χ1n) is 10.0. The smallest absolute Gasteiger partial charge is 0.341 e. The molecule has 7 nitrogen and oxygen atoms in total. The Kier molecular flexibility index (Phi) is 7.20. The lowest BCUT2D eigenvalue weighted by molar-refractivity contribution is -0.139. The monoisotopic (exact) mass is 537 g/mol. The van der Waals surface area contributed by atoms with Gasteiger partial charge in [-0.25, -0.2) is 15.2 Å². The number of halogens is 2. The lowest BCUT2D eigenvalue weighted by Gasteiger charge is -2.10. The molecule has 0 saturated carbocycles. The van der Waals surface area contributed by atoms with Gasteiger partial charge in [-0.2, -0.15) is 5.10 Å². The van der Waals surface area contributed by atoms with E-state index in [-0.39, 0.29) is 10.8 Å². The Labute approximate surface area is 208 Å². The molecule has 0 unspecified atom stereocenters. The van der Waals surface area contributed by atoms with Crippen molar-refractivity contribution in [2.45, 2.75) is 0 Å². The molecule has 9 heteroatoms. The maximum atomic E-state index is 13.0. The first-order chi connectivity index (χ1) is 16.4. The number of aliphatic carboxylic acids is 1. The van der Waals surface area contributed by atoms with Gasteiger partial charge in [0, 0.05) is 10.9 Å². The third-order valence-corrected chi connectivity index (χ3v) is 5.64. The lowest BCUT2D eigenvalue weighted by Crippen LogP contribution is -2.18. The van der Waals surface area contributed by atoms with Gasteiger partial charge in [-0.1, -0.05) is 60.1 Å². The minimum Gasteiger partial charge on any atom is -0.479 e. The van der Waals surface area contributed by atoms with Crippen molar-refractivity contribution in [1.82, 2.24) is 10.4 Å². The number of hydrazone groups is 1. The van der Waals surface area contributed by atoms with E-state index in [9.17, 15) is 9.59 Å². The van der Waals surface area contributed by atoms with Crippen molar-refractivity contribution in [3.05, 3.63) is 93.4 Å². The maximum absolute atomic E-state index is 13.0. The van der Waals surface area contributed by atoms with Gasteiger partial charge in [0.25, 0.3) is 5.91 Å². The van der Waals surface area contributed by atoms with Gasteiger partial charge in [-0.15, -0.1) is 0 Å². The Morgan fingerprint density at radius 1 is 1.09 bits per heavy atom. The Balaban J connectivity index is 1.57. The average molecular weight is 539 g/mol. The quantitative estimate of drug-likeness (QED) is 0.237. The number of aromatic nitrogens is 1. The fourth-order valence-corrected chi connectivity index (χ4v) is 4.26. The van der Waals surface area contributed by atoms with Crippen molar-refractivity contribution < 1.29 is 19.4 Å². The lowest BCUT2D eigenvalue weighted by atomic mass is 10.0. The Morgan fingerprint density at radius 3 is 2.56 bits per heavy atom. The normalized spacial score (nSPS) is 11.0. The number of carboxylic acid groups (broad SMARTS) is 1. The molecule has 0 aliphatic heterocycles. The Bertz CT molecular complexity index is 1390. The van der Waals surface area contributed by atoms with E-state index in [0.29, 0.717) is 32.2 Å². The highest BCUT2D eigenvalue weighted by Crippen LogP contribution is 2.34. The molecular formula is C25H17BrClN3O4. The largest absolute Gasteiger partial charge is 0.479 e. The topological polar surface area (TPSA) is 101 Å². The minimum absolute atomic E-state index is 0.205. The first-order valence-corrected chi connectivity index (χ1v) is 11.2. The summed E-state index contributed by atoms with van der Waals surface area (Å²) >= 11 is 9.50. The predicted octanol–water partition coefficient (Wildman–Crippen LogP) is 5.55. The molecule has 0 aliphatic rings. The molecule has 0 saturated heterocycles. The molecule has 0 fully saturated rings. The number of hydrogen-bond donors (Lipinski definition) is 2. The summed E-state index contributed by atoms with van der Waals surface area (Å²) in [6.07, 6.45) is 1.43. The van der Waals surface area contributed by atoms with Crippen molar-refractivity contribution in [3.63, 3.8) is 0 Å². The number of rotatable bonds is 7. The number of ether oxygens (including phenoxy) is 1. The van der Waals surface area contributed by atoms with Crippen molar-refractivity contribution in [1.29, 1.82) is 0 Å². The van der Waals surface area contributed by atoms with Crippen LogP contribution in [0.4, 0.5) is 0 Å². The van der Waals surface area contributed by atoms with Crippen molar-refractivity contribution in [3.8, 4) is 17.0 Å². The SMILES string of the molecule is O=C(O)COc1c(Cl)cc(/C=N/NC(=O)c2cc(-c3ccccc3)nc3ccccc23)cc1Br. The highest BCUT2D eigenvalue weighted by Gasteiger charge is 2.14. The number of carbonyl (C=O) groups is 2. The second-order valence-electron chi connectivity index (χ2n) is 7.13. The Morgan fingerprint density at radius 2 is 1.82 bits per heavy atom. The van der Waals surface area contributed by atoms with Gasteiger partial charge >= 0.3 is 5.97 Å². The van der Waals surface area contributed by atoms with Crippen LogP contribution in [0.5, 0.6) is 5.75 Å². The van der Waals surface area contributed by atoms with E-state index in [0.717, 1.165) is 5.56 Å². The molecule has 0 spiro atoms. The van der Waals surface area contributed by atoms with Gasteiger partial charge in [0.2, 0.25) is 0 Å². The minimum atomic E-state index is -1.12. The van der Waals surface area contributed by atoms with Crippen LogP contribution in [0.1, 0.15) is 15.9 Å². The van der Waals surface area contributed by atoms with Crippen LogP contribution in [0.15, 0.2) is 82.4 Å². The van der Waals surface area contributed by atoms with E-state index in [1.54, 1.807) is 18.2 Å². The van der Waals surface area contributed by atoms with Crippen LogP contribution in [0.2, 0.25) is 5.02 Å². The van der Waals surface area contributed by atoms with Gasteiger partial charge in [-0.05, 0) is 45.8 Å². The zero-order valence-electron chi connectivity index (χ0n) is 17.5.